The fourth-order valence-corrected chi connectivity index (χ4v) is 3.68. The summed E-state index contributed by atoms with van der Waals surface area (Å²) in [6.45, 7) is 0. The molecule has 0 aliphatic heterocycles. The van der Waals surface area contributed by atoms with E-state index in [1.165, 1.54) is 21.6 Å². The zero-order valence-electron chi connectivity index (χ0n) is 17.1. The molecular formula is C25H20ClFN2O2. The van der Waals surface area contributed by atoms with Gasteiger partial charge in [0.2, 0.25) is 0 Å². The summed E-state index contributed by atoms with van der Waals surface area (Å²) in [5.74, 6) is -0.118. The maximum absolute atomic E-state index is 13.3. The molecule has 0 unspecified atom stereocenters. The number of nitrogens with zero attached hydrogens (tertiary/aromatic N) is 2. The van der Waals surface area contributed by atoms with Crippen LogP contribution in [0.3, 0.4) is 0 Å². The van der Waals surface area contributed by atoms with Crippen LogP contribution >= 0.6 is 11.6 Å². The maximum atomic E-state index is 13.3. The minimum absolute atomic E-state index is 0.175. The highest BCUT2D eigenvalue weighted by Crippen LogP contribution is 2.30. The molecule has 156 valence electrons. The molecule has 0 atom stereocenters. The van der Waals surface area contributed by atoms with Crippen molar-refractivity contribution in [1.29, 1.82) is 0 Å². The van der Waals surface area contributed by atoms with Crippen LogP contribution in [0, 0.1) is 5.82 Å². The summed E-state index contributed by atoms with van der Waals surface area (Å²) in [4.78, 5) is 27.5. The highest BCUT2D eigenvalue weighted by Gasteiger charge is 2.21. The number of amides is 1. The highest BCUT2D eigenvalue weighted by atomic mass is 35.5. The topological polar surface area (TPSA) is 42.3 Å². The second-order valence-corrected chi connectivity index (χ2v) is 7.76. The monoisotopic (exact) mass is 434 g/mol. The van der Waals surface area contributed by atoms with Crippen LogP contribution in [0.4, 0.5) is 9.18 Å². The number of carbonyl (C=O) groups is 2. The van der Waals surface area contributed by atoms with Crippen LogP contribution in [0.5, 0.6) is 0 Å². The van der Waals surface area contributed by atoms with E-state index in [4.69, 9.17) is 11.6 Å². The van der Waals surface area contributed by atoms with Crippen LogP contribution in [0.1, 0.15) is 21.5 Å². The van der Waals surface area contributed by atoms with E-state index in [0.717, 1.165) is 16.7 Å². The Balaban J connectivity index is 1.86. The lowest BCUT2D eigenvalue weighted by molar-refractivity contribution is 0.104. The van der Waals surface area contributed by atoms with Crippen molar-refractivity contribution in [3.05, 3.63) is 95.4 Å². The molecule has 0 saturated carbocycles. The third-order valence-electron chi connectivity index (χ3n) is 5.19. The molecule has 4 nitrogen and oxygen atoms in total. The number of alkyl halides is 1. The number of hydrogen-bond donors (Lipinski definition) is 0. The minimum Gasteiger partial charge on any atom is -0.330 e. The Morgan fingerprint density at radius 2 is 1.58 bits per heavy atom. The van der Waals surface area contributed by atoms with Gasteiger partial charge in [0.15, 0.2) is 5.78 Å². The lowest BCUT2D eigenvalue weighted by Crippen LogP contribution is -2.26. The van der Waals surface area contributed by atoms with Crippen LogP contribution in [0.15, 0.2) is 72.9 Å². The smallest absolute Gasteiger partial charge is 0.328 e. The molecule has 0 radical (unpaired) electrons. The van der Waals surface area contributed by atoms with Gasteiger partial charge < -0.3 is 4.90 Å². The summed E-state index contributed by atoms with van der Waals surface area (Å²) in [5.41, 5.74) is 4.14. The molecule has 1 aromatic heterocycles. The number of fused-ring (bicyclic) bond motifs is 1. The van der Waals surface area contributed by atoms with Gasteiger partial charge in [-0.2, -0.15) is 0 Å². The molecule has 4 rings (SSSR count). The normalized spacial score (nSPS) is 11.0. The molecule has 0 aliphatic rings. The molecule has 0 fully saturated rings. The standard InChI is InChI=1S/C25H20ClFN2O2/c1-28(2)25(31)29-15-22(24(30)18-5-3-16(14-26)4-6-18)21-12-9-19(13-23(21)29)17-7-10-20(27)11-8-17/h3-13,15H,14H2,1-2H3. The second-order valence-electron chi connectivity index (χ2n) is 7.49. The molecule has 0 aliphatic carbocycles. The summed E-state index contributed by atoms with van der Waals surface area (Å²) in [6, 6.07) is 18.5. The Morgan fingerprint density at radius 3 is 2.19 bits per heavy atom. The number of ketones is 1. The molecule has 1 amide bonds. The van der Waals surface area contributed by atoms with E-state index in [1.807, 2.05) is 30.3 Å². The number of rotatable bonds is 4. The molecular weight excluding hydrogens is 415 g/mol. The number of hydrogen-bond acceptors (Lipinski definition) is 2. The van der Waals surface area contributed by atoms with Gasteiger partial charge >= 0.3 is 6.03 Å². The van der Waals surface area contributed by atoms with Crippen LogP contribution in [-0.2, 0) is 5.88 Å². The Hall–Kier alpha value is -3.44. The molecule has 0 bridgehead atoms. The summed E-state index contributed by atoms with van der Waals surface area (Å²) < 4.78 is 14.8. The summed E-state index contributed by atoms with van der Waals surface area (Å²) >= 11 is 5.84. The quantitative estimate of drug-likeness (QED) is 0.294. The van der Waals surface area contributed by atoms with Crippen LogP contribution in [0.25, 0.3) is 22.0 Å². The van der Waals surface area contributed by atoms with Crippen molar-refractivity contribution in [1.82, 2.24) is 9.47 Å². The lowest BCUT2D eigenvalue weighted by atomic mass is 9.99. The van der Waals surface area contributed by atoms with Crippen LogP contribution in [0.2, 0.25) is 0 Å². The molecule has 3 aromatic carbocycles. The van der Waals surface area contributed by atoms with Gasteiger partial charge in [0.1, 0.15) is 5.82 Å². The average molecular weight is 435 g/mol. The average Bonchev–Trinajstić information content (AvgIpc) is 3.17. The zero-order chi connectivity index (χ0) is 22.1. The summed E-state index contributed by atoms with van der Waals surface area (Å²) in [7, 11) is 3.31. The predicted octanol–water partition coefficient (Wildman–Crippen LogP) is 5.95. The molecule has 31 heavy (non-hydrogen) atoms. The van der Waals surface area contributed by atoms with E-state index in [-0.39, 0.29) is 17.6 Å². The molecule has 6 heteroatoms. The maximum Gasteiger partial charge on any atom is 0.328 e. The fraction of sp³-hybridized carbons (Fsp3) is 0.120. The first-order valence-corrected chi connectivity index (χ1v) is 10.2. The van der Waals surface area contributed by atoms with Gasteiger partial charge in [-0.15, -0.1) is 11.6 Å². The molecule has 0 saturated heterocycles. The van der Waals surface area contributed by atoms with Gasteiger partial charge in [0.05, 0.1) is 5.52 Å². The lowest BCUT2D eigenvalue weighted by Gasteiger charge is -2.12. The molecule has 0 N–H and O–H groups in total. The van der Waals surface area contributed by atoms with Crippen molar-refractivity contribution in [2.24, 2.45) is 0 Å². The third-order valence-corrected chi connectivity index (χ3v) is 5.50. The molecule has 0 spiro atoms. The van der Waals surface area contributed by atoms with Gasteiger partial charge in [-0.25, -0.2) is 9.18 Å². The van der Waals surface area contributed by atoms with Crippen molar-refractivity contribution >= 4 is 34.3 Å². The van der Waals surface area contributed by atoms with E-state index in [2.05, 4.69) is 0 Å². The Kier molecular flexibility index (Phi) is 5.61. The highest BCUT2D eigenvalue weighted by molar-refractivity contribution is 6.18. The van der Waals surface area contributed by atoms with Gasteiger partial charge in [-0.3, -0.25) is 9.36 Å². The predicted molar refractivity (Wildman–Crippen MR) is 121 cm³/mol. The van der Waals surface area contributed by atoms with Gasteiger partial charge in [0, 0.05) is 42.7 Å². The van der Waals surface area contributed by atoms with E-state index in [9.17, 15) is 14.0 Å². The number of carbonyl (C=O) groups excluding carboxylic acids is 2. The fourth-order valence-electron chi connectivity index (χ4n) is 3.50. The second kappa shape index (κ2) is 8.36. The van der Waals surface area contributed by atoms with Crippen LogP contribution in [-0.4, -0.2) is 35.4 Å². The van der Waals surface area contributed by atoms with Crippen molar-refractivity contribution < 1.29 is 14.0 Å². The van der Waals surface area contributed by atoms with Gasteiger partial charge in [0.25, 0.3) is 0 Å². The first-order valence-electron chi connectivity index (χ1n) is 9.71. The molecule has 1 heterocycles. The Morgan fingerprint density at radius 1 is 0.935 bits per heavy atom. The summed E-state index contributed by atoms with van der Waals surface area (Å²) in [5, 5.41) is 0.674. The van der Waals surface area contributed by atoms with Crippen molar-refractivity contribution in [2.75, 3.05) is 14.1 Å². The van der Waals surface area contributed by atoms with E-state index in [1.54, 1.807) is 44.6 Å². The van der Waals surface area contributed by atoms with Gasteiger partial charge in [-0.05, 0) is 34.9 Å². The molecule has 4 aromatic rings. The summed E-state index contributed by atoms with van der Waals surface area (Å²) in [6.07, 6.45) is 1.58. The third kappa shape index (κ3) is 3.97. The van der Waals surface area contributed by atoms with Crippen molar-refractivity contribution in [3.8, 4) is 11.1 Å². The SMILES string of the molecule is CN(C)C(=O)n1cc(C(=O)c2ccc(CCl)cc2)c2ccc(-c3ccc(F)cc3)cc21. The largest absolute Gasteiger partial charge is 0.330 e. The van der Waals surface area contributed by atoms with E-state index < -0.39 is 0 Å². The van der Waals surface area contributed by atoms with E-state index in [0.29, 0.717) is 27.9 Å². The van der Waals surface area contributed by atoms with Crippen molar-refractivity contribution in [3.63, 3.8) is 0 Å². The first kappa shape index (κ1) is 20.8. The Labute approximate surface area is 184 Å². The van der Waals surface area contributed by atoms with E-state index >= 15 is 0 Å². The Bertz CT molecular complexity index is 1280. The first-order chi connectivity index (χ1) is 14.9. The minimum atomic E-state index is -0.316. The number of benzene rings is 3. The van der Waals surface area contributed by atoms with Gasteiger partial charge in [-0.1, -0.05) is 48.5 Å². The zero-order valence-corrected chi connectivity index (χ0v) is 17.9. The van der Waals surface area contributed by atoms with Crippen molar-refractivity contribution in [2.45, 2.75) is 5.88 Å². The number of halogens is 2. The van der Waals surface area contributed by atoms with Crippen LogP contribution < -0.4 is 0 Å². The number of aromatic nitrogens is 1.